The molecular formula is C20H19ClN4O. The fourth-order valence-corrected chi connectivity index (χ4v) is 4.06. The van der Waals surface area contributed by atoms with Crippen molar-refractivity contribution in [3.63, 3.8) is 0 Å². The Kier molecular flexibility index (Phi) is 4.00. The van der Waals surface area contributed by atoms with Gasteiger partial charge < -0.3 is 4.74 Å². The SMILES string of the molecule is Clc1ccc(-c2nnn3c2COC2CN(Cc4ccccc4)C[C@H]23)cc1. The summed E-state index contributed by atoms with van der Waals surface area (Å²) in [6.07, 6.45) is 0.172. The van der Waals surface area contributed by atoms with Crippen LogP contribution in [-0.4, -0.2) is 39.1 Å². The van der Waals surface area contributed by atoms with Crippen LogP contribution in [0, 0.1) is 0 Å². The molecule has 6 heteroatoms. The fraction of sp³-hybridized carbons (Fsp3) is 0.300. The molecule has 26 heavy (non-hydrogen) atoms. The van der Waals surface area contributed by atoms with Crippen molar-refractivity contribution in [3.8, 4) is 11.3 Å². The van der Waals surface area contributed by atoms with Crippen LogP contribution in [0.1, 0.15) is 17.3 Å². The number of ether oxygens (including phenoxy) is 1. The summed E-state index contributed by atoms with van der Waals surface area (Å²) in [5, 5.41) is 9.63. The molecule has 0 N–H and O–H groups in total. The van der Waals surface area contributed by atoms with E-state index in [1.807, 2.05) is 24.3 Å². The van der Waals surface area contributed by atoms with Crippen LogP contribution >= 0.6 is 11.6 Å². The van der Waals surface area contributed by atoms with Gasteiger partial charge in [0, 0.05) is 30.2 Å². The molecule has 2 aliphatic heterocycles. The van der Waals surface area contributed by atoms with E-state index in [2.05, 4.69) is 50.2 Å². The van der Waals surface area contributed by atoms with Gasteiger partial charge in [-0.05, 0) is 17.7 Å². The average molecular weight is 367 g/mol. The topological polar surface area (TPSA) is 43.2 Å². The van der Waals surface area contributed by atoms with E-state index in [1.54, 1.807) is 0 Å². The smallest absolute Gasteiger partial charge is 0.118 e. The van der Waals surface area contributed by atoms with E-state index < -0.39 is 0 Å². The summed E-state index contributed by atoms with van der Waals surface area (Å²) in [5.74, 6) is 0. The van der Waals surface area contributed by atoms with Crippen molar-refractivity contribution in [2.45, 2.75) is 25.3 Å². The van der Waals surface area contributed by atoms with E-state index in [9.17, 15) is 0 Å². The summed E-state index contributed by atoms with van der Waals surface area (Å²) < 4.78 is 8.24. The van der Waals surface area contributed by atoms with E-state index in [4.69, 9.17) is 16.3 Å². The summed E-state index contributed by atoms with van der Waals surface area (Å²) in [4.78, 5) is 2.43. The lowest BCUT2D eigenvalue weighted by atomic mass is 10.1. The van der Waals surface area contributed by atoms with Crippen LogP contribution in [0.4, 0.5) is 0 Å². The van der Waals surface area contributed by atoms with Crippen LogP contribution in [-0.2, 0) is 17.9 Å². The maximum atomic E-state index is 6.17. The second-order valence-corrected chi connectivity index (χ2v) is 7.37. The summed E-state index contributed by atoms with van der Waals surface area (Å²) in [5.41, 5.74) is 4.29. The van der Waals surface area contributed by atoms with Gasteiger partial charge in [0.1, 0.15) is 5.69 Å². The Labute approximate surface area is 157 Å². The molecule has 5 rings (SSSR count). The maximum absolute atomic E-state index is 6.17. The zero-order chi connectivity index (χ0) is 17.5. The van der Waals surface area contributed by atoms with Crippen molar-refractivity contribution in [1.29, 1.82) is 0 Å². The monoisotopic (exact) mass is 366 g/mol. The van der Waals surface area contributed by atoms with E-state index in [1.165, 1.54) is 5.56 Å². The Morgan fingerprint density at radius 3 is 2.65 bits per heavy atom. The molecule has 2 aromatic carbocycles. The highest BCUT2D eigenvalue weighted by Crippen LogP contribution is 2.35. The second-order valence-electron chi connectivity index (χ2n) is 6.93. The predicted octanol–water partition coefficient (Wildman–Crippen LogP) is 3.55. The van der Waals surface area contributed by atoms with Gasteiger partial charge in [-0.15, -0.1) is 5.10 Å². The van der Waals surface area contributed by atoms with Gasteiger partial charge in [-0.3, -0.25) is 4.90 Å². The zero-order valence-electron chi connectivity index (χ0n) is 14.3. The Hall–Kier alpha value is -2.21. The fourth-order valence-electron chi connectivity index (χ4n) is 3.93. The molecule has 132 valence electrons. The minimum absolute atomic E-state index is 0.172. The van der Waals surface area contributed by atoms with E-state index in [0.29, 0.717) is 6.61 Å². The van der Waals surface area contributed by atoms with Crippen molar-refractivity contribution in [2.75, 3.05) is 13.1 Å². The van der Waals surface area contributed by atoms with Crippen LogP contribution in [0.3, 0.4) is 0 Å². The number of benzene rings is 2. The standard InChI is InChI=1S/C20H19ClN4O/c21-16-8-6-15(7-9-16)20-18-13-26-19-12-24(10-14-4-2-1-3-5-14)11-17(19)25(18)23-22-20/h1-9,17,19H,10-13H2/t17-,19?/m1/s1. The molecule has 0 saturated carbocycles. The number of fused-ring (bicyclic) bond motifs is 3. The highest BCUT2D eigenvalue weighted by Gasteiger charge is 2.40. The van der Waals surface area contributed by atoms with Crippen molar-refractivity contribution in [3.05, 3.63) is 70.9 Å². The Bertz CT molecular complexity index is 909. The van der Waals surface area contributed by atoms with Gasteiger partial charge in [0.25, 0.3) is 0 Å². The Balaban J connectivity index is 1.39. The van der Waals surface area contributed by atoms with E-state index >= 15 is 0 Å². The molecule has 0 bridgehead atoms. The normalized spacial score (nSPS) is 22.2. The Morgan fingerprint density at radius 2 is 1.85 bits per heavy atom. The third-order valence-electron chi connectivity index (χ3n) is 5.22. The van der Waals surface area contributed by atoms with Gasteiger partial charge in [-0.2, -0.15) is 0 Å². The lowest BCUT2D eigenvalue weighted by Crippen LogP contribution is -2.32. The first-order chi connectivity index (χ1) is 12.8. The molecule has 0 spiro atoms. The molecule has 0 amide bonds. The lowest BCUT2D eigenvalue weighted by molar-refractivity contribution is -0.00494. The van der Waals surface area contributed by atoms with Crippen LogP contribution in [0.25, 0.3) is 11.3 Å². The Morgan fingerprint density at radius 1 is 1.04 bits per heavy atom. The van der Waals surface area contributed by atoms with Crippen molar-refractivity contribution >= 4 is 11.6 Å². The molecule has 0 radical (unpaired) electrons. The summed E-state index contributed by atoms with van der Waals surface area (Å²) in [6, 6.07) is 18.5. The molecule has 3 heterocycles. The van der Waals surface area contributed by atoms with Crippen LogP contribution < -0.4 is 0 Å². The first-order valence-corrected chi connectivity index (χ1v) is 9.23. The molecule has 2 aliphatic rings. The first-order valence-electron chi connectivity index (χ1n) is 8.86. The van der Waals surface area contributed by atoms with Crippen LogP contribution in [0.15, 0.2) is 54.6 Å². The third-order valence-corrected chi connectivity index (χ3v) is 5.47. The van der Waals surface area contributed by atoms with Crippen LogP contribution in [0.2, 0.25) is 5.02 Å². The second kappa shape index (κ2) is 6.50. The largest absolute Gasteiger partial charge is 0.368 e. The minimum Gasteiger partial charge on any atom is -0.368 e. The molecule has 3 aromatic rings. The predicted molar refractivity (Wildman–Crippen MR) is 99.8 cm³/mol. The summed E-state index contributed by atoms with van der Waals surface area (Å²) >= 11 is 6.00. The average Bonchev–Trinajstić information content (AvgIpc) is 3.26. The number of hydrogen-bond acceptors (Lipinski definition) is 4. The third kappa shape index (κ3) is 2.82. The van der Waals surface area contributed by atoms with Crippen molar-refractivity contribution < 1.29 is 4.74 Å². The molecule has 2 atom stereocenters. The first kappa shape index (κ1) is 16.0. The molecule has 1 saturated heterocycles. The number of nitrogens with zero attached hydrogens (tertiary/aromatic N) is 4. The zero-order valence-corrected chi connectivity index (χ0v) is 15.0. The number of aromatic nitrogens is 3. The molecule has 1 aromatic heterocycles. The number of halogens is 1. The van der Waals surface area contributed by atoms with Gasteiger partial charge in [0.15, 0.2) is 0 Å². The number of rotatable bonds is 3. The maximum Gasteiger partial charge on any atom is 0.118 e. The molecular weight excluding hydrogens is 348 g/mol. The summed E-state index contributed by atoms with van der Waals surface area (Å²) in [6.45, 7) is 3.34. The number of likely N-dealkylation sites (tertiary alicyclic amines) is 1. The van der Waals surface area contributed by atoms with Gasteiger partial charge in [0.05, 0.1) is 24.4 Å². The van der Waals surface area contributed by atoms with E-state index in [-0.39, 0.29) is 12.1 Å². The molecule has 0 aliphatic carbocycles. The van der Waals surface area contributed by atoms with Gasteiger partial charge in [0.2, 0.25) is 0 Å². The highest BCUT2D eigenvalue weighted by molar-refractivity contribution is 6.30. The molecule has 5 nitrogen and oxygen atoms in total. The summed E-state index contributed by atoms with van der Waals surface area (Å²) in [7, 11) is 0. The minimum atomic E-state index is 0.172. The van der Waals surface area contributed by atoms with Gasteiger partial charge in [-0.25, -0.2) is 4.68 Å². The molecule has 1 unspecified atom stereocenters. The van der Waals surface area contributed by atoms with Crippen molar-refractivity contribution in [1.82, 2.24) is 19.9 Å². The van der Waals surface area contributed by atoms with E-state index in [0.717, 1.165) is 41.6 Å². The quantitative estimate of drug-likeness (QED) is 0.711. The van der Waals surface area contributed by atoms with Gasteiger partial charge in [-0.1, -0.05) is 59.3 Å². The van der Waals surface area contributed by atoms with Crippen molar-refractivity contribution in [2.24, 2.45) is 0 Å². The highest BCUT2D eigenvalue weighted by atomic mass is 35.5. The van der Waals surface area contributed by atoms with Crippen LogP contribution in [0.5, 0.6) is 0 Å². The van der Waals surface area contributed by atoms with Gasteiger partial charge >= 0.3 is 0 Å². The lowest BCUT2D eigenvalue weighted by Gasteiger charge is -2.26. The molecule has 1 fully saturated rings. The number of hydrogen-bond donors (Lipinski definition) is 0.